The van der Waals surface area contributed by atoms with Gasteiger partial charge in [0.25, 0.3) is 0 Å². The van der Waals surface area contributed by atoms with Crippen molar-refractivity contribution in [2.24, 2.45) is 5.92 Å². The second kappa shape index (κ2) is 6.87. The summed E-state index contributed by atoms with van der Waals surface area (Å²) in [6, 6.07) is 12.4. The molecule has 0 saturated carbocycles. The first kappa shape index (κ1) is 18.4. The maximum atomic E-state index is 13.2. The molecule has 2 heterocycles. The molecule has 28 heavy (non-hydrogen) atoms. The number of ether oxygens (including phenoxy) is 3. The molecule has 0 radical (unpaired) electrons. The number of carbonyl (C=O) groups is 1. The van der Waals surface area contributed by atoms with Gasteiger partial charge < -0.3 is 30.2 Å². The summed E-state index contributed by atoms with van der Waals surface area (Å²) in [5.41, 5.74) is 0.479. The van der Waals surface area contributed by atoms with E-state index in [0.29, 0.717) is 22.3 Å². The fourth-order valence-corrected chi connectivity index (χ4v) is 4.11. The smallest absolute Gasteiger partial charge is 0.236 e. The molecule has 4 rings (SSSR count). The monoisotopic (exact) mass is 399 g/mol. The van der Waals surface area contributed by atoms with Crippen LogP contribution in [0.25, 0.3) is 0 Å². The summed E-state index contributed by atoms with van der Waals surface area (Å²) in [5.74, 6) is 1.18. The van der Waals surface area contributed by atoms with Crippen LogP contribution in [0.15, 0.2) is 42.5 Å². The first-order valence-electron chi connectivity index (χ1n) is 8.84. The van der Waals surface area contributed by atoms with Crippen LogP contribution in [0.1, 0.15) is 18.5 Å². The van der Waals surface area contributed by atoms with Gasteiger partial charge in [-0.1, -0.05) is 12.1 Å². The van der Waals surface area contributed by atoms with Crippen LogP contribution in [0.4, 0.5) is 5.69 Å². The van der Waals surface area contributed by atoms with E-state index in [0.717, 1.165) is 11.3 Å². The fourth-order valence-electron chi connectivity index (χ4n) is 3.78. The molecule has 1 saturated heterocycles. The first-order chi connectivity index (χ1) is 13.4. The maximum absolute atomic E-state index is 13.2. The van der Waals surface area contributed by atoms with Crippen molar-refractivity contribution in [3.8, 4) is 17.2 Å². The molecule has 1 amide bonds. The van der Waals surface area contributed by atoms with Crippen LogP contribution in [0.2, 0.25) is 0 Å². The Labute approximate surface area is 168 Å². The summed E-state index contributed by atoms with van der Waals surface area (Å²) in [5, 5.41) is 9.73. The number of fused-ring (bicyclic) bond motifs is 4. The molecule has 0 aliphatic carbocycles. The van der Waals surface area contributed by atoms with Crippen molar-refractivity contribution in [2.75, 3.05) is 19.5 Å². The number of para-hydroxylation sites is 1. The van der Waals surface area contributed by atoms with Gasteiger partial charge in [0.1, 0.15) is 11.7 Å². The van der Waals surface area contributed by atoms with E-state index < -0.39 is 11.6 Å². The van der Waals surface area contributed by atoms with Crippen molar-refractivity contribution in [1.82, 2.24) is 10.6 Å². The largest absolute Gasteiger partial charge is 0.497 e. The molecule has 7 nitrogen and oxygen atoms in total. The number of hydrogen-bond donors (Lipinski definition) is 3. The Balaban J connectivity index is 1.69. The molecule has 0 unspecified atom stereocenters. The van der Waals surface area contributed by atoms with Crippen LogP contribution < -0.4 is 30.2 Å². The van der Waals surface area contributed by atoms with E-state index in [-0.39, 0.29) is 11.9 Å². The molecule has 3 atom stereocenters. The average Bonchev–Trinajstić information content (AvgIpc) is 2.67. The summed E-state index contributed by atoms with van der Waals surface area (Å²) < 4.78 is 16.8. The number of carbonyl (C=O) groups excluding carboxylic acids is 1. The van der Waals surface area contributed by atoms with Gasteiger partial charge in [0, 0.05) is 11.3 Å². The van der Waals surface area contributed by atoms with Crippen LogP contribution in [0.5, 0.6) is 17.2 Å². The van der Waals surface area contributed by atoms with Gasteiger partial charge in [0.15, 0.2) is 22.3 Å². The third-order valence-electron chi connectivity index (χ3n) is 5.09. The molecule has 0 aromatic heterocycles. The van der Waals surface area contributed by atoms with Gasteiger partial charge in [0.2, 0.25) is 5.91 Å². The molecule has 2 aromatic rings. The van der Waals surface area contributed by atoms with Gasteiger partial charge in [-0.3, -0.25) is 4.79 Å². The fraction of sp³-hybridized carbons (Fsp3) is 0.300. The Bertz CT molecular complexity index is 934. The number of nitrogens with one attached hydrogen (secondary N) is 3. The third-order valence-corrected chi connectivity index (χ3v) is 5.31. The lowest BCUT2D eigenvalue weighted by molar-refractivity contribution is -0.132. The van der Waals surface area contributed by atoms with Crippen molar-refractivity contribution in [3.63, 3.8) is 0 Å². The van der Waals surface area contributed by atoms with E-state index in [1.165, 1.54) is 0 Å². The second-order valence-electron chi connectivity index (χ2n) is 6.86. The van der Waals surface area contributed by atoms with Crippen molar-refractivity contribution in [1.29, 1.82) is 0 Å². The molecule has 3 N–H and O–H groups in total. The lowest BCUT2D eigenvalue weighted by atomic mass is 9.79. The highest BCUT2D eigenvalue weighted by Gasteiger charge is 2.55. The minimum atomic E-state index is -1.02. The zero-order valence-corrected chi connectivity index (χ0v) is 16.6. The molecule has 2 aliphatic rings. The summed E-state index contributed by atoms with van der Waals surface area (Å²) in [4.78, 5) is 13.2. The minimum absolute atomic E-state index is 0.186. The highest BCUT2D eigenvalue weighted by molar-refractivity contribution is 7.80. The second-order valence-corrected chi connectivity index (χ2v) is 7.27. The van der Waals surface area contributed by atoms with Crippen LogP contribution in [-0.2, 0) is 4.79 Å². The zero-order chi connectivity index (χ0) is 19.9. The number of benzene rings is 2. The summed E-state index contributed by atoms with van der Waals surface area (Å²) in [6.07, 6.45) is 0. The quantitative estimate of drug-likeness (QED) is 0.682. The normalized spacial score (nSPS) is 24.8. The maximum Gasteiger partial charge on any atom is 0.236 e. The molecule has 2 bridgehead atoms. The van der Waals surface area contributed by atoms with Crippen molar-refractivity contribution < 1.29 is 19.0 Å². The van der Waals surface area contributed by atoms with Crippen LogP contribution in [-0.4, -0.2) is 31.0 Å². The summed E-state index contributed by atoms with van der Waals surface area (Å²) >= 11 is 5.34. The van der Waals surface area contributed by atoms with Crippen molar-refractivity contribution in [3.05, 3.63) is 48.0 Å². The SMILES string of the molecule is COc1ccc(NC(=O)[C@@H]2[C@@H]3NC(=S)N[C@@]2(C)Oc2c(OC)cccc23)cc1. The molecule has 2 aliphatic heterocycles. The molecule has 1 fully saturated rings. The number of methoxy groups -OCH3 is 2. The van der Waals surface area contributed by atoms with Crippen LogP contribution in [0.3, 0.4) is 0 Å². The molecule has 0 spiro atoms. The van der Waals surface area contributed by atoms with E-state index in [1.54, 1.807) is 38.5 Å². The van der Waals surface area contributed by atoms with E-state index in [2.05, 4.69) is 16.0 Å². The number of hydrogen-bond acceptors (Lipinski definition) is 5. The Morgan fingerprint density at radius 3 is 2.61 bits per heavy atom. The Hall–Kier alpha value is -3.00. The molecule has 2 aromatic carbocycles. The van der Waals surface area contributed by atoms with Gasteiger partial charge in [-0.2, -0.15) is 0 Å². The van der Waals surface area contributed by atoms with E-state index in [9.17, 15) is 4.79 Å². The predicted molar refractivity (Wildman–Crippen MR) is 109 cm³/mol. The number of thiocarbonyl (C=S) groups is 1. The van der Waals surface area contributed by atoms with Gasteiger partial charge >= 0.3 is 0 Å². The van der Waals surface area contributed by atoms with Crippen LogP contribution >= 0.6 is 12.2 Å². The van der Waals surface area contributed by atoms with Gasteiger partial charge in [0.05, 0.1) is 20.3 Å². The van der Waals surface area contributed by atoms with E-state index >= 15 is 0 Å². The summed E-state index contributed by atoms with van der Waals surface area (Å²) in [6.45, 7) is 1.82. The standard InChI is InChI=1S/C20H21N3O4S/c1-20-15(18(24)21-11-7-9-12(25-2)10-8-11)16(22-19(28)23-20)13-5-4-6-14(26-3)17(13)27-20/h4-10,15-16H,1-3H3,(H,21,24)(H2,22,23,28)/t15-,16+,20-/m0/s1. The Kier molecular flexibility index (Phi) is 4.50. The van der Waals surface area contributed by atoms with Crippen molar-refractivity contribution >= 4 is 28.9 Å². The summed E-state index contributed by atoms with van der Waals surface area (Å²) in [7, 11) is 3.19. The van der Waals surface area contributed by atoms with Gasteiger partial charge in [-0.25, -0.2) is 0 Å². The number of anilines is 1. The minimum Gasteiger partial charge on any atom is -0.497 e. The number of rotatable bonds is 4. The molecular formula is C20H21N3O4S. The lowest BCUT2D eigenvalue weighted by Gasteiger charge is -2.50. The number of amides is 1. The Morgan fingerprint density at radius 1 is 1.18 bits per heavy atom. The predicted octanol–water partition coefficient (Wildman–Crippen LogP) is 2.59. The van der Waals surface area contributed by atoms with Gasteiger partial charge in [-0.05, 0) is 49.5 Å². The topological polar surface area (TPSA) is 80.9 Å². The Morgan fingerprint density at radius 2 is 1.93 bits per heavy atom. The highest BCUT2D eigenvalue weighted by Crippen LogP contribution is 2.48. The molecule has 146 valence electrons. The molecular weight excluding hydrogens is 378 g/mol. The first-order valence-corrected chi connectivity index (χ1v) is 9.25. The highest BCUT2D eigenvalue weighted by atomic mass is 32.1. The lowest BCUT2D eigenvalue weighted by Crippen LogP contribution is -2.70. The average molecular weight is 399 g/mol. The van der Waals surface area contributed by atoms with Crippen molar-refractivity contribution in [2.45, 2.75) is 18.7 Å². The zero-order valence-electron chi connectivity index (χ0n) is 15.7. The van der Waals surface area contributed by atoms with Crippen LogP contribution in [0, 0.1) is 5.92 Å². The van der Waals surface area contributed by atoms with Gasteiger partial charge in [-0.15, -0.1) is 0 Å². The van der Waals surface area contributed by atoms with E-state index in [1.807, 2.05) is 25.1 Å². The third kappa shape index (κ3) is 2.99. The molecule has 8 heteroatoms. The van der Waals surface area contributed by atoms with E-state index in [4.69, 9.17) is 26.4 Å².